The van der Waals surface area contributed by atoms with E-state index in [-0.39, 0.29) is 29.0 Å². The average molecular weight is 411 g/mol. The molecule has 0 unspecified atom stereocenters. The lowest BCUT2D eigenvalue weighted by Crippen LogP contribution is -2.22. The van der Waals surface area contributed by atoms with Gasteiger partial charge in [-0.15, -0.1) is 11.8 Å². The molecule has 0 aliphatic carbocycles. The summed E-state index contributed by atoms with van der Waals surface area (Å²) in [6.45, 7) is 4.01. The largest absolute Gasteiger partial charge is 0.454 e. The molecule has 1 amide bonds. The Labute approximate surface area is 171 Å². The molecule has 5 rings (SSSR count). The molecule has 2 aliphatic rings. The van der Waals surface area contributed by atoms with Crippen molar-refractivity contribution in [2.75, 3.05) is 12.1 Å². The maximum atomic E-state index is 13.4. The topological polar surface area (TPSA) is 65.4 Å². The van der Waals surface area contributed by atoms with Gasteiger partial charge in [0.1, 0.15) is 11.6 Å². The van der Waals surface area contributed by atoms with Gasteiger partial charge in [0.25, 0.3) is 0 Å². The van der Waals surface area contributed by atoms with Gasteiger partial charge in [-0.05, 0) is 55.8 Å². The van der Waals surface area contributed by atoms with E-state index in [1.165, 1.54) is 12.1 Å². The van der Waals surface area contributed by atoms with E-state index in [0.29, 0.717) is 23.0 Å². The van der Waals surface area contributed by atoms with Crippen molar-refractivity contribution in [1.29, 1.82) is 0 Å². The molecule has 3 aromatic rings. The van der Waals surface area contributed by atoms with Crippen LogP contribution in [-0.2, 0) is 4.79 Å². The second kappa shape index (κ2) is 6.81. The Morgan fingerprint density at radius 1 is 1.17 bits per heavy atom. The monoisotopic (exact) mass is 411 g/mol. The van der Waals surface area contributed by atoms with Crippen LogP contribution in [0.2, 0.25) is 0 Å². The zero-order chi connectivity index (χ0) is 20.1. The lowest BCUT2D eigenvalue weighted by atomic mass is 10.0. The zero-order valence-corrected chi connectivity index (χ0v) is 16.6. The minimum absolute atomic E-state index is 0.0947. The lowest BCUT2D eigenvalue weighted by Gasteiger charge is -2.17. The first-order chi connectivity index (χ1) is 14.0. The summed E-state index contributed by atoms with van der Waals surface area (Å²) >= 11 is 1.56. The number of aryl methyl sites for hydroxylation is 1. The van der Waals surface area contributed by atoms with Crippen LogP contribution in [0.1, 0.15) is 29.0 Å². The Morgan fingerprint density at radius 3 is 2.72 bits per heavy atom. The van der Waals surface area contributed by atoms with Crippen molar-refractivity contribution in [2.45, 2.75) is 24.3 Å². The molecular formula is C21H18FN3O3S. The van der Waals surface area contributed by atoms with Gasteiger partial charge in [0.15, 0.2) is 11.5 Å². The van der Waals surface area contributed by atoms with E-state index in [0.717, 1.165) is 16.8 Å². The summed E-state index contributed by atoms with van der Waals surface area (Å²) in [6.07, 6.45) is 0. The fourth-order valence-corrected chi connectivity index (χ4v) is 4.93. The zero-order valence-electron chi connectivity index (χ0n) is 15.8. The number of thioether (sulfide) groups is 1. The Bertz CT molecular complexity index is 1110. The molecule has 0 spiro atoms. The minimum Gasteiger partial charge on any atom is -0.454 e. The fraction of sp³-hybridized carbons (Fsp3) is 0.238. The summed E-state index contributed by atoms with van der Waals surface area (Å²) in [6, 6.07) is 11.9. The number of ether oxygens (including phenoxy) is 2. The Balaban J connectivity index is 1.67. The standard InChI is InChI=1S/C21H18FN3O3S/c1-11-18-19(13-3-8-16-17(9-13)28-10-27-16)29-12(2)21(26)23-20(18)25(24-11)15-6-4-14(22)5-7-15/h3-9,12,19H,10H2,1-2H3,(H,23,26)/t12-,19-/m1/s1. The SMILES string of the molecule is Cc1nn(-c2ccc(F)cc2)c2c1[C@@H](c1ccc3c(c1)OCO3)S[C@H](C)C(=O)N2. The summed E-state index contributed by atoms with van der Waals surface area (Å²) < 4.78 is 26.0. The van der Waals surface area contributed by atoms with Crippen LogP contribution in [0.5, 0.6) is 11.5 Å². The molecule has 29 heavy (non-hydrogen) atoms. The van der Waals surface area contributed by atoms with Crippen LogP contribution in [0.4, 0.5) is 10.2 Å². The number of amides is 1. The van der Waals surface area contributed by atoms with E-state index in [9.17, 15) is 9.18 Å². The van der Waals surface area contributed by atoms with E-state index in [4.69, 9.17) is 9.47 Å². The summed E-state index contributed by atoms with van der Waals surface area (Å²) in [7, 11) is 0. The van der Waals surface area contributed by atoms with Crippen LogP contribution in [-0.4, -0.2) is 27.7 Å². The van der Waals surface area contributed by atoms with Crippen LogP contribution in [0.25, 0.3) is 5.69 Å². The number of nitrogens with one attached hydrogen (secondary N) is 1. The van der Waals surface area contributed by atoms with Gasteiger partial charge < -0.3 is 14.8 Å². The number of fused-ring (bicyclic) bond motifs is 2. The number of carbonyl (C=O) groups excluding carboxylic acids is 1. The van der Waals surface area contributed by atoms with Gasteiger partial charge in [0.2, 0.25) is 12.7 Å². The van der Waals surface area contributed by atoms with Gasteiger partial charge in [-0.1, -0.05) is 6.07 Å². The van der Waals surface area contributed by atoms with Crippen molar-refractivity contribution in [2.24, 2.45) is 0 Å². The Hall–Kier alpha value is -3.00. The highest BCUT2D eigenvalue weighted by Gasteiger charge is 2.34. The first-order valence-corrected chi connectivity index (χ1v) is 10.2. The molecule has 148 valence electrons. The number of hydrogen-bond acceptors (Lipinski definition) is 5. The number of aromatic nitrogens is 2. The molecule has 2 atom stereocenters. The van der Waals surface area contributed by atoms with Gasteiger partial charge in [-0.2, -0.15) is 5.10 Å². The molecule has 2 aliphatic heterocycles. The molecular weight excluding hydrogens is 393 g/mol. The van der Waals surface area contributed by atoms with Crippen molar-refractivity contribution in [3.8, 4) is 17.2 Å². The number of rotatable bonds is 2. The molecule has 0 saturated carbocycles. The maximum absolute atomic E-state index is 13.4. The molecule has 8 heteroatoms. The van der Waals surface area contributed by atoms with Gasteiger partial charge in [-0.25, -0.2) is 9.07 Å². The summed E-state index contributed by atoms with van der Waals surface area (Å²) in [5.74, 6) is 1.61. The highest BCUT2D eigenvalue weighted by atomic mass is 32.2. The van der Waals surface area contributed by atoms with Gasteiger partial charge in [-0.3, -0.25) is 4.79 Å². The van der Waals surface area contributed by atoms with Crippen molar-refractivity contribution in [1.82, 2.24) is 9.78 Å². The number of hydrogen-bond donors (Lipinski definition) is 1. The third-order valence-corrected chi connectivity index (χ3v) is 6.49. The molecule has 3 heterocycles. The summed E-state index contributed by atoms with van der Waals surface area (Å²) in [5.41, 5.74) is 3.41. The van der Waals surface area contributed by atoms with Crippen molar-refractivity contribution < 1.29 is 18.7 Å². The number of benzene rings is 2. The van der Waals surface area contributed by atoms with E-state index < -0.39 is 0 Å². The number of carbonyl (C=O) groups is 1. The third-order valence-electron chi connectivity index (χ3n) is 5.09. The van der Waals surface area contributed by atoms with Crippen molar-refractivity contribution >= 4 is 23.5 Å². The van der Waals surface area contributed by atoms with Crippen LogP contribution < -0.4 is 14.8 Å². The molecule has 0 bridgehead atoms. The quantitative estimate of drug-likeness (QED) is 0.684. The highest BCUT2D eigenvalue weighted by molar-refractivity contribution is 8.01. The lowest BCUT2D eigenvalue weighted by molar-refractivity contribution is -0.115. The normalized spacial score (nSPS) is 20.2. The van der Waals surface area contributed by atoms with Crippen LogP contribution in [0.15, 0.2) is 42.5 Å². The van der Waals surface area contributed by atoms with Gasteiger partial charge >= 0.3 is 0 Å². The van der Waals surface area contributed by atoms with E-state index in [1.807, 2.05) is 32.0 Å². The predicted octanol–water partition coefficient (Wildman–Crippen LogP) is 4.21. The van der Waals surface area contributed by atoms with Crippen LogP contribution in [0.3, 0.4) is 0 Å². The third kappa shape index (κ3) is 3.04. The Morgan fingerprint density at radius 2 is 1.93 bits per heavy atom. The Kier molecular flexibility index (Phi) is 4.24. The van der Waals surface area contributed by atoms with E-state index >= 15 is 0 Å². The van der Waals surface area contributed by atoms with E-state index in [1.54, 1.807) is 28.6 Å². The fourth-order valence-electron chi connectivity index (χ4n) is 3.62. The molecule has 2 aromatic carbocycles. The molecule has 0 radical (unpaired) electrons. The van der Waals surface area contributed by atoms with Crippen LogP contribution >= 0.6 is 11.8 Å². The smallest absolute Gasteiger partial charge is 0.238 e. The second-order valence-electron chi connectivity index (χ2n) is 7.00. The van der Waals surface area contributed by atoms with Gasteiger partial charge in [0, 0.05) is 5.56 Å². The number of anilines is 1. The predicted molar refractivity (Wildman–Crippen MR) is 108 cm³/mol. The van der Waals surface area contributed by atoms with Gasteiger partial charge in [0.05, 0.1) is 21.9 Å². The molecule has 0 fully saturated rings. The average Bonchev–Trinajstić information content (AvgIpc) is 3.27. The number of halogens is 1. The summed E-state index contributed by atoms with van der Waals surface area (Å²) in [5, 5.41) is 7.28. The molecule has 0 saturated heterocycles. The highest BCUT2D eigenvalue weighted by Crippen LogP contribution is 2.48. The molecule has 1 N–H and O–H groups in total. The van der Waals surface area contributed by atoms with Crippen LogP contribution in [0, 0.1) is 12.7 Å². The summed E-state index contributed by atoms with van der Waals surface area (Å²) in [4.78, 5) is 12.7. The molecule has 6 nitrogen and oxygen atoms in total. The van der Waals surface area contributed by atoms with Crippen molar-refractivity contribution in [3.63, 3.8) is 0 Å². The second-order valence-corrected chi connectivity index (χ2v) is 8.45. The first-order valence-electron chi connectivity index (χ1n) is 9.22. The van der Waals surface area contributed by atoms with Crippen molar-refractivity contribution in [3.05, 3.63) is 65.1 Å². The first kappa shape index (κ1) is 18.1. The number of nitrogens with zero attached hydrogens (tertiary/aromatic N) is 2. The minimum atomic E-state index is -0.324. The van der Waals surface area contributed by atoms with E-state index in [2.05, 4.69) is 10.4 Å². The maximum Gasteiger partial charge on any atom is 0.238 e. The molecule has 1 aromatic heterocycles.